The molecule has 1 aliphatic rings. The smallest absolute Gasteiger partial charge is 0.145 e. The molecule has 0 saturated carbocycles. The minimum Gasteiger partial charge on any atom is -0.356 e. The van der Waals surface area contributed by atoms with Crippen LogP contribution in [0, 0.1) is 11.3 Å². The molecule has 0 spiro atoms. The van der Waals surface area contributed by atoms with E-state index in [9.17, 15) is 0 Å². The van der Waals surface area contributed by atoms with Gasteiger partial charge in [0.2, 0.25) is 0 Å². The average molecular weight is 174 g/mol. The molecule has 4 heteroatoms. The molecule has 4 nitrogen and oxygen atoms in total. The summed E-state index contributed by atoms with van der Waals surface area (Å²) in [5.41, 5.74) is 0.442. The van der Waals surface area contributed by atoms with Gasteiger partial charge in [-0.05, 0) is 12.8 Å². The van der Waals surface area contributed by atoms with Crippen LogP contribution in [0.4, 0.5) is 5.82 Å². The van der Waals surface area contributed by atoms with Gasteiger partial charge in [0.25, 0.3) is 0 Å². The van der Waals surface area contributed by atoms with E-state index in [1.807, 2.05) is 6.07 Å². The van der Waals surface area contributed by atoms with E-state index >= 15 is 0 Å². The van der Waals surface area contributed by atoms with Gasteiger partial charge in [-0.3, -0.25) is 0 Å². The Hall–Kier alpha value is -1.63. The lowest BCUT2D eigenvalue weighted by Crippen LogP contribution is -2.19. The van der Waals surface area contributed by atoms with Crippen molar-refractivity contribution in [1.82, 2.24) is 9.97 Å². The van der Waals surface area contributed by atoms with E-state index in [0.717, 1.165) is 18.9 Å². The molecule has 0 bridgehead atoms. The molecule has 13 heavy (non-hydrogen) atoms. The first-order valence-electron chi connectivity index (χ1n) is 4.37. The fourth-order valence-corrected chi connectivity index (χ4v) is 1.53. The highest BCUT2D eigenvalue weighted by molar-refractivity contribution is 5.42. The van der Waals surface area contributed by atoms with E-state index in [1.54, 1.807) is 6.07 Å². The first-order valence-corrected chi connectivity index (χ1v) is 4.37. The average Bonchev–Trinajstić information content (AvgIpc) is 2.71. The van der Waals surface area contributed by atoms with Crippen molar-refractivity contribution in [3.63, 3.8) is 0 Å². The Labute approximate surface area is 76.8 Å². The van der Waals surface area contributed by atoms with Crippen LogP contribution < -0.4 is 4.90 Å². The van der Waals surface area contributed by atoms with Crippen molar-refractivity contribution in [1.29, 1.82) is 5.26 Å². The Morgan fingerprint density at radius 3 is 2.77 bits per heavy atom. The highest BCUT2D eigenvalue weighted by Gasteiger charge is 2.13. The molecule has 0 atom stereocenters. The number of hydrogen-bond donors (Lipinski definition) is 0. The third kappa shape index (κ3) is 1.59. The second-order valence-electron chi connectivity index (χ2n) is 3.07. The summed E-state index contributed by atoms with van der Waals surface area (Å²) in [6.45, 7) is 2.09. The van der Waals surface area contributed by atoms with E-state index in [1.165, 1.54) is 19.2 Å². The van der Waals surface area contributed by atoms with Crippen molar-refractivity contribution in [2.75, 3.05) is 18.0 Å². The maximum atomic E-state index is 8.65. The van der Waals surface area contributed by atoms with E-state index in [-0.39, 0.29) is 0 Å². The van der Waals surface area contributed by atoms with Crippen LogP contribution in [0.5, 0.6) is 0 Å². The lowest BCUT2D eigenvalue weighted by Gasteiger charge is -2.15. The number of nitrogens with zero attached hydrogens (tertiary/aromatic N) is 4. The van der Waals surface area contributed by atoms with Crippen molar-refractivity contribution in [3.8, 4) is 6.07 Å². The van der Waals surface area contributed by atoms with E-state index in [4.69, 9.17) is 5.26 Å². The highest BCUT2D eigenvalue weighted by Crippen LogP contribution is 2.16. The molecule has 1 aromatic rings. The van der Waals surface area contributed by atoms with Crippen LogP contribution in [0.3, 0.4) is 0 Å². The standard InChI is InChI=1S/C9H10N4/c10-6-8-5-9(12-7-11-8)13-3-1-2-4-13/h5,7H,1-4H2. The molecule has 0 amide bonds. The highest BCUT2D eigenvalue weighted by atomic mass is 15.2. The van der Waals surface area contributed by atoms with Gasteiger partial charge in [-0.25, -0.2) is 9.97 Å². The number of nitriles is 1. The second-order valence-corrected chi connectivity index (χ2v) is 3.07. The van der Waals surface area contributed by atoms with Gasteiger partial charge in [-0.1, -0.05) is 0 Å². The fourth-order valence-electron chi connectivity index (χ4n) is 1.53. The summed E-state index contributed by atoms with van der Waals surface area (Å²) in [5, 5.41) is 8.65. The van der Waals surface area contributed by atoms with Crippen molar-refractivity contribution >= 4 is 5.82 Å². The molecule has 0 aromatic carbocycles. The van der Waals surface area contributed by atoms with Gasteiger partial charge in [-0.2, -0.15) is 5.26 Å². The Morgan fingerprint density at radius 2 is 2.08 bits per heavy atom. The number of anilines is 1. The molecular formula is C9H10N4. The number of rotatable bonds is 1. The summed E-state index contributed by atoms with van der Waals surface area (Å²) < 4.78 is 0. The lowest BCUT2D eigenvalue weighted by atomic mass is 10.4. The van der Waals surface area contributed by atoms with Crippen molar-refractivity contribution in [2.24, 2.45) is 0 Å². The largest absolute Gasteiger partial charge is 0.356 e. The lowest BCUT2D eigenvalue weighted by molar-refractivity contribution is 0.924. The van der Waals surface area contributed by atoms with Crippen molar-refractivity contribution in [3.05, 3.63) is 18.1 Å². The predicted octanol–water partition coefficient (Wildman–Crippen LogP) is 0.948. The minimum atomic E-state index is 0.442. The van der Waals surface area contributed by atoms with Gasteiger partial charge in [0.15, 0.2) is 0 Å². The molecular weight excluding hydrogens is 164 g/mol. The van der Waals surface area contributed by atoms with Crippen LogP contribution in [0.25, 0.3) is 0 Å². The van der Waals surface area contributed by atoms with Gasteiger partial charge >= 0.3 is 0 Å². The molecule has 2 rings (SSSR count). The Balaban J connectivity index is 2.25. The van der Waals surface area contributed by atoms with Crippen LogP contribution in [-0.2, 0) is 0 Å². The summed E-state index contributed by atoms with van der Waals surface area (Å²) in [6.07, 6.45) is 3.88. The maximum Gasteiger partial charge on any atom is 0.145 e. The third-order valence-electron chi connectivity index (χ3n) is 2.20. The molecule has 0 unspecified atom stereocenters. The normalized spacial score (nSPS) is 15.8. The quantitative estimate of drug-likeness (QED) is 0.636. The van der Waals surface area contributed by atoms with Crippen LogP contribution in [0.2, 0.25) is 0 Å². The van der Waals surface area contributed by atoms with Gasteiger partial charge in [-0.15, -0.1) is 0 Å². The van der Waals surface area contributed by atoms with Crippen LogP contribution in [-0.4, -0.2) is 23.1 Å². The zero-order valence-electron chi connectivity index (χ0n) is 7.27. The number of hydrogen-bond acceptors (Lipinski definition) is 4. The van der Waals surface area contributed by atoms with E-state index < -0.39 is 0 Å². The van der Waals surface area contributed by atoms with Crippen LogP contribution >= 0.6 is 0 Å². The second kappa shape index (κ2) is 3.40. The molecule has 0 N–H and O–H groups in total. The SMILES string of the molecule is N#Cc1cc(N2CCCC2)ncn1. The maximum absolute atomic E-state index is 8.65. The molecule has 0 aliphatic carbocycles. The van der Waals surface area contributed by atoms with Crippen molar-refractivity contribution in [2.45, 2.75) is 12.8 Å². The Bertz CT molecular complexity index is 336. The first kappa shape index (κ1) is 7.99. The van der Waals surface area contributed by atoms with E-state index in [2.05, 4.69) is 14.9 Å². The van der Waals surface area contributed by atoms with E-state index in [0.29, 0.717) is 5.69 Å². The Morgan fingerprint density at radius 1 is 1.31 bits per heavy atom. The fraction of sp³-hybridized carbons (Fsp3) is 0.444. The molecule has 1 aliphatic heterocycles. The summed E-state index contributed by atoms with van der Waals surface area (Å²) in [6, 6.07) is 3.75. The third-order valence-corrected chi connectivity index (χ3v) is 2.20. The molecule has 2 heterocycles. The minimum absolute atomic E-state index is 0.442. The predicted molar refractivity (Wildman–Crippen MR) is 48.2 cm³/mol. The monoisotopic (exact) mass is 174 g/mol. The molecule has 0 radical (unpaired) electrons. The first-order chi connectivity index (χ1) is 6.40. The Kier molecular flexibility index (Phi) is 2.09. The summed E-state index contributed by atoms with van der Waals surface area (Å²) >= 11 is 0. The van der Waals surface area contributed by atoms with Gasteiger partial charge in [0.05, 0.1) is 0 Å². The number of aromatic nitrogens is 2. The topological polar surface area (TPSA) is 52.8 Å². The van der Waals surface area contributed by atoms with Crippen LogP contribution in [0.15, 0.2) is 12.4 Å². The molecule has 1 saturated heterocycles. The zero-order valence-corrected chi connectivity index (χ0v) is 7.27. The van der Waals surface area contributed by atoms with Crippen LogP contribution in [0.1, 0.15) is 18.5 Å². The molecule has 1 fully saturated rings. The van der Waals surface area contributed by atoms with Crippen molar-refractivity contribution < 1.29 is 0 Å². The zero-order chi connectivity index (χ0) is 9.10. The van der Waals surface area contributed by atoms with Gasteiger partial charge in [0, 0.05) is 19.2 Å². The molecule has 1 aromatic heterocycles. The van der Waals surface area contributed by atoms with Gasteiger partial charge in [0.1, 0.15) is 23.9 Å². The molecule has 66 valence electrons. The summed E-state index contributed by atoms with van der Waals surface area (Å²) in [5.74, 6) is 0.879. The summed E-state index contributed by atoms with van der Waals surface area (Å²) in [4.78, 5) is 10.1. The summed E-state index contributed by atoms with van der Waals surface area (Å²) in [7, 11) is 0. The van der Waals surface area contributed by atoms with Gasteiger partial charge < -0.3 is 4.90 Å².